The SMILES string of the molecule is CCCCCC(Br)C(C)C(=O)CC(=O)CC. The molecular weight excluding hydrogens is 268 g/mol. The van der Waals surface area contributed by atoms with Gasteiger partial charge in [-0.05, 0) is 6.42 Å². The van der Waals surface area contributed by atoms with Gasteiger partial charge < -0.3 is 0 Å². The lowest BCUT2D eigenvalue weighted by molar-refractivity contribution is -0.128. The van der Waals surface area contributed by atoms with Crippen LogP contribution in [0.25, 0.3) is 0 Å². The molecule has 0 aliphatic rings. The van der Waals surface area contributed by atoms with Gasteiger partial charge in [-0.15, -0.1) is 0 Å². The summed E-state index contributed by atoms with van der Waals surface area (Å²) < 4.78 is 0. The zero-order chi connectivity index (χ0) is 12.6. The highest BCUT2D eigenvalue weighted by atomic mass is 79.9. The maximum atomic E-state index is 11.7. The number of halogens is 1. The summed E-state index contributed by atoms with van der Waals surface area (Å²) >= 11 is 3.55. The molecule has 0 N–H and O–H groups in total. The molecule has 0 amide bonds. The van der Waals surface area contributed by atoms with Gasteiger partial charge in [0.25, 0.3) is 0 Å². The monoisotopic (exact) mass is 290 g/mol. The fraction of sp³-hybridized carbons (Fsp3) is 0.846. The van der Waals surface area contributed by atoms with Crippen molar-refractivity contribution in [3.63, 3.8) is 0 Å². The summed E-state index contributed by atoms with van der Waals surface area (Å²) in [7, 11) is 0. The third kappa shape index (κ3) is 6.41. The standard InChI is InChI=1S/C13H23BrO2/c1-4-6-7-8-12(14)10(3)13(16)9-11(15)5-2/h10,12H,4-9H2,1-3H3. The van der Waals surface area contributed by atoms with Gasteiger partial charge in [0.1, 0.15) is 11.6 Å². The van der Waals surface area contributed by atoms with Crippen molar-refractivity contribution >= 4 is 27.5 Å². The molecule has 0 bridgehead atoms. The number of ketones is 2. The topological polar surface area (TPSA) is 34.1 Å². The molecule has 0 saturated heterocycles. The quantitative estimate of drug-likeness (QED) is 0.367. The first-order chi connectivity index (χ1) is 7.52. The van der Waals surface area contributed by atoms with Crippen molar-refractivity contribution in [3.8, 4) is 0 Å². The largest absolute Gasteiger partial charge is 0.299 e. The van der Waals surface area contributed by atoms with Crippen molar-refractivity contribution in [2.24, 2.45) is 5.92 Å². The minimum Gasteiger partial charge on any atom is -0.299 e. The molecule has 0 aliphatic heterocycles. The van der Waals surface area contributed by atoms with Crippen molar-refractivity contribution in [3.05, 3.63) is 0 Å². The number of carbonyl (C=O) groups is 2. The van der Waals surface area contributed by atoms with Crippen LogP contribution in [0, 0.1) is 5.92 Å². The van der Waals surface area contributed by atoms with E-state index < -0.39 is 0 Å². The number of alkyl halides is 1. The third-order valence-corrected chi connectivity index (χ3v) is 4.15. The van der Waals surface area contributed by atoms with Crippen LogP contribution in [-0.2, 0) is 9.59 Å². The van der Waals surface area contributed by atoms with Gasteiger partial charge in [0.05, 0.1) is 6.42 Å². The summed E-state index contributed by atoms with van der Waals surface area (Å²) in [5.41, 5.74) is 0. The molecule has 0 fully saturated rings. The first kappa shape index (κ1) is 15.8. The van der Waals surface area contributed by atoms with Crippen LogP contribution in [0.1, 0.15) is 59.3 Å². The van der Waals surface area contributed by atoms with Crippen molar-refractivity contribution in [1.29, 1.82) is 0 Å². The van der Waals surface area contributed by atoms with Gasteiger partial charge in [0, 0.05) is 17.2 Å². The molecule has 0 saturated carbocycles. The van der Waals surface area contributed by atoms with Crippen LogP contribution in [0.15, 0.2) is 0 Å². The predicted molar refractivity (Wildman–Crippen MR) is 70.9 cm³/mol. The Hall–Kier alpha value is -0.180. The van der Waals surface area contributed by atoms with E-state index in [1.807, 2.05) is 6.92 Å². The Bertz CT molecular complexity index is 226. The molecule has 0 heterocycles. The lowest BCUT2D eigenvalue weighted by Gasteiger charge is -2.16. The summed E-state index contributed by atoms with van der Waals surface area (Å²) in [4.78, 5) is 23.1. The average Bonchev–Trinajstić information content (AvgIpc) is 2.27. The van der Waals surface area contributed by atoms with E-state index in [0.717, 1.165) is 12.8 Å². The van der Waals surface area contributed by atoms with E-state index in [0.29, 0.717) is 6.42 Å². The Labute approximate surface area is 107 Å². The molecule has 16 heavy (non-hydrogen) atoms. The first-order valence-corrected chi connectivity index (χ1v) is 7.12. The van der Waals surface area contributed by atoms with E-state index in [1.165, 1.54) is 12.8 Å². The zero-order valence-electron chi connectivity index (χ0n) is 10.6. The number of rotatable bonds is 9. The first-order valence-electron chi connectivity index (χ1n) is 6.21. The summed E-state index contributed by atoms with van der Waals surface area (Å²) in [6, 6.07) is 0. The second kappa shape index (κ2) is 8.91. The molecule has 2 unspecified atom stereocenters. The number of hydrogen-bond acceptors (Lipinski definition) is 2. The molecule has 2 atom stereocenters. The van der Waals surface area contributed by atoms with Gasteiger partial charge in [0.15, 0.2) is 0 Å². The van der Waals surface area contributed by atoms with E-state index >= 15 is 0 Å². The molecule has 2 nitrogen and oxygen atoms in total. The average molecular weight is 291 g/mol. The van der Waals surface area contributed by atoms with E-state index in [-0.39, 0.29) is 28.7 Å². The van der Waals surface area contributed by atoms with Crippen molar-refractivity contribution in [2.45, 2.75) is 64.1 Å². The van der Waals surface area contributed by atoms with E-state index in [2.05, 4.69) is 22.9 Å². The number of unbranched alkanes of at least 4 members (excludes halogenated alkanes) is 2. The van der Waals surface area contributed by atoms with Crippen molar-refractivity contribution in [2.75, 3.05) is 0 Å². The van der Waals surface area contributed by atoms with E-state index in [4.69, 9.17) is 0 Å². The van der Waals surface area contributed by atoms with Gasteiger partial charge >= 0.3 is 0 Å². The van der Waals surface area contributed by atoms with Crippen molar-refractivity contribution < 1.29 is 9.59 Å². The molecular formula is C13H23BrO2. The summed E-state index contributed by atoms with van der Waals surface area (Å²) in [5.74, 6) is 0.0719. The highest BCUT2D eigenvalue weighted by Gasteiger charge is 2.22. The Morgan fingerprint density at radius 1 is 1.19 bits per heavy atom. The van der Waals surface area contributed by atoms with Gasteiger partial charge in [-0.25, -0.2) is 0 Å². The lowest BCUT2D eigenvalue weighted by atomic mass is 9.95. The van der Waals surface area contributed by atoms with Gasteiger partial charge in [0.2, 0.25) is 0 Å². The Kier molecular flexibility index (Phi) is 8.81. The Balaban J connectivity index is 3.96. The van der Waals surface area contributed by atoms with Crippen LogP contribution in [0.4, 0.5) is 0 Å². The highest BCUT2D eigenvalue weighted by Crippen LogP contribution is 2.21. The number of Topliss-reactive ketones (excluding diaryl/α,β-unsaturated/α-hetero) is 2. The molecule has 0 spiro atoms. The molecule has 0 aromatic heterocycles. The minimum absolute atomic E-state index is 0.0464. The van der Waals surface area contributed by atoms with Crippen LogP contribution in [0.2, 0.25) is 0 Å². The van der Waals surface area contributed by atoms with Crippen LogP contribution in [0.5, 0.6) is 0 Å². The molecule has 0 aromatic rings. The van der Waals surface area contributed by atoms with Crippen molar-refractivity contribution in [1.82, 2.24) is 0 Å². The second-order valence-corrected chi connectivity index (χ2v) is 5.51. The Morgan fingerprint density at radius 3 is 2.31 bits per heavy atom. The van der Waals surface area contributed by atoms with Crippen LogP contribution < -0.4 is 0 Å². The maximum absolute atomic E-state index is 11.7. The molecule has 3 heteroatoms. The minimum atomic E-state index is -0.0487. The van der Waals surface area contributed by atoms with E-state index in [9.17, 15) is 9.59 Å². The number of hydrogen-bond donors (Lipinski definition) is 0. The molecule has 0 aliphatic carbocycles. The summed E-state index contributed by atoms with van der Waals surface area (Å²) in [6.45, 7) is 5.88. The second-order valence-electron chi connectivity index (χ2n) is 4.34. The normalized spacial score (nSPS) is 14.5. The highest BCUT2D eigenvalue weighted by molar-refractivity contribution is 9.09. The summed E-state index contributed by atoms with van der Waals surface area (Å²) in [6.07, 6.45) is 5.12. The molecule has 94 valence electrons. The van der Waals surface area contributed by atoms with Crippen LogP contribution in [-0.4, -0.2) is 16.4 Å². The number of carbonyl (C=O) groups excluding carboxylic acids is 2. The fourth-order valence-electron chi connectivity index (χ4n) is 1.52. The predicted octanol–water partition coefficient (Wildman–Crippen LogP) is 3.90. The lowest BCUT2D eigenvalue weighted by Crippen LogP contribution is -2.23. The molecule has 0 rings (SSSR count). The van der Waals surface area contributed by atoms with Crippen LogP contribution in [0.3, 0.4) is 0 Å². The zero-order valence-corrected chi connectivity index (χ0v) is 12.2. The van der Waals surface area contributed by atoms with E-state index in [1.54, 1.807) is 6.92 Å². The fourth-order valence-corrected chi connectivity index (χ4v) is 2.14. The molecule has 0 radical (unpaired) electrons. The maximum Gasteiger partial charge on any atom is 0.144 e. The van der Waals surface area contributed by atoms with Gasteiger partial charge in [-0.2, -0.15) is 0 Å². The molecule has 0 aromatic carbocycles. The summed E-state index contributed by atoms with van der Waals surface area (Å²) in [5, 5.41) is 0. The van der Waals surface area contributed by atoms with Gasteiger partial charge in [-0.3, -0.25) is 9.59 Å². The third-order valence-electron chi connectivity index (χ3n) is 2.90. The Morgan fingerprint density at radius 2 is 1.81 bits per heavy atom. The smallest absolute Gasteiger partial charge is 0.144 e. The van der Waals surface area contributed by atoms with Crippen LogP contribution >= 0.6 is 15.9 Å². The van der Waals surface area contributed by atoms with Gasteiger partial charge in [-0.1, -0.05) is 56.0 Å².